The van der Waals surface area contributed by atoms with Gasteiger partial charge < -0.3 is 15.0 Å². The fourth-order valence-electron chi connectivity index (χ4n) is 3.30. The maximum atomic E-state index is 14.9. The molecule has 1 amide bonds. The van der Waals surface area contributed by atoms with E-state index in [1.807, 2.05) is 0 Å². The Kier molecular flexibility index (Phi) is 6.68. The number of sulfone groups is 1. The molecule has 1 aliphatic heterocycles. The van der Waals surface area contributed by atoms with Gasteiger partial charge in [-0.15, -0.1) is 0 Å². The van der Waals surface area contributed by atoms with Crippen LogP contribution in [0.25, 0.3) is 0 Å². The number of hydrogen-bond acceptors (Lipinski definition) is 7. The summed E-state index contributed by atoms with van der Waals surface area (Å²) in [7, 11) is -4.18. The Balaban J connectivity index is 1.72. The first-order valence-corrected chi connectivity index (χ1v) is 11.7. The van der Waals surface area contributed by atoms with Gasteiger partial charge in [-0.3, -0.25) is 0 Å². The number of halogens is 2. The molecule has 8 nitrogen and oxygen atoms in total. The molecule has 0 aliphatic carbocycles. The summed E-state index contributed by atoms with van der Waals surface area (Å²) in [6.45, 7) is 7.65. The van der Waals surface area contributed by atoms with Gasteiger partial charge in [0.05, 0.1) is 23.3 Å². The Hall–Kier alpha value is -2.82. The van der Waals surface area contributed by atoms with Crippen molar-refractivity contribution in [3.8, 4) is 0 Å². The van der Waals surface area contributed by atoms with Crippen molar-refractivity contribution in [1.29, 1.82) is 0 Å². The van der Waals surface area contributed by atoms with Gasteiger partial charge >= 0.3 is 6.09 Å². The number of nitrogens with zero attached hydrogens (tertiary/aromatic N) is 3. The maximum Gasteiger partial charge on any atom is 0.410 e. The topological polar surface area (TPSA) is 101 Å². The summed E-state index contributed by atoms with van der Waals surface area (Å²) >= 11 is 0. The molecule has 0 saturated carbocycles. The van der Waals surface area contributed by atoms with Gasteiger partial charge in [-0.1, -0.05) is 6.07 Å². The smallest absolute Gasteiger partial charge is 0.410 e. The number of hydrogen-bond donors (Lipinski definition) is 1. The molecule has 0 bridgehead atoms. The zero-order valence-electron chi connectivity index (χ0n) is 18.4. The lowest BCUT2D eigenvalue weighted by Gasteiger charge is -2.24. The number of pyridine rings is 2. The van der Waals surface area contributed by atoms with E-state index in [9.17, 15) is 22.0 Å². The van der Waals surface area contributed by atoms with Crippen molar-refractivity contribution >= 4 is 21.6 Å². The van der Waals surface area contributed by atoms with Gasteiger partial charge in [-0.25, -0.2) is 27.6 Å². The molecule has 3 rings (SSSR count). The minimum Gasteiger partial charge on any atom is -0.444 e. The Labute approximate surface area is 185 Å². The van der Waals surface area contributed by atoms with Crippen LogP contribution >= 0.6 is 0 Å². The number of likely N-dealkylation sites (tertiary alicyclic amines) is 1. The van der Waals surface area contributed by atoms with Gasteiger partial charge in [0.1, 0.15) is 5.60 Å². The molecule has 1 saturated heterocycles. The maximum absolute atomic E-state index is 14.9. The third kappa shape index (κ3) is 5.70. The normalized spacial score (nSPS) is 16.8. The van der Waals surface area contributed by atoms with Crippen LogP contribution in [-0.4, -0.2) is 54.1 Å². The Morgan fingerprint density at radius 3 is 2.69 bits per heavy atom. The second-order valence-electron chi connectivity index (χ2n) is 8.68. The lowest BCUT2D eigenvalue weighted by molar-refractivity contribution is 0.0293. The second-order valence-corrected chi connectivity index (χ2v) is 10.6. The van der Waals surface area contributed by atoms with E-state index in [1.165, 1.54) is 25.3 Å². The van der Waals surface area contributed by atoms with Crippen molar-refractivity contribution < 1.29 is 26.7 Å². The van der Waals surface area contributed by atoms with Crippen LogP contribution in [0.3, 0.4) is 0 Å². The van der Waals surface area contributed by atoms with Gasteiger partial charge in [0.15, 0.2) is 10.8 Å². The van der Waals surface area contributed by atoms with Crippen LogP contribution in [0.4, 0.5) is 19.3 Å². The fourth-order valence-corrected chi connectivity index (χ4v) is 4.63. The molecular weight excluding hydrogens is 442 g/mol. The van der Waals surface area contributed by atoms with Crippen LogP contribution < -0.4 is 5.32 Å². The molecule has 1 atom stereocenters. The van der Waals surface area contributed by atoms with Crippen molar-refractivity contribution in [3.05, 3.63) is 47.4 Å². The zero-order valence-corrected chi connectivity index (χ0v) is 19.2. The summed E-state index contributed by atoms with van der Waals surface area (Å²) in [5.74, 6) is -2.47. The summed E-state index contributed by atoms with van der Waals surface area (Å²) in [6.07, 6.45) is 1.45. The monoisotopic (exact) mass is 468 g/mol. The Morgan fingerprint density at radius 1 is 1.31 bits per heavy atom. The number of carbonyl (C=O) groups is 1. The minimum absolute atomic E-state index is 0.0424. The van der Waals surface area contributed by atoms with E-state index in [4.69, 9.17) is 4.74 Å². The summed E-state index contributed by atoms with van der Waals surface area (Å²) in [5, 5.41) is 2.41. The van der Waals surface area contributed by atoms with Crippen molar-refractivity contribution in [3.63, 3.8) is 0 Å². The van der Waals surface area contributed by atoms with Gasteiger partial charge in [0.25, 0.3) is 0 Å². The SMILES string of the molecule is Cc1c(N[C@H]2CCN(C(=O)OC(C)(C)C)C2)cnc(S(=O)(=O)Cc2cccc(F)n2)c1F. The van der Waals surface area contributed by atoms with Gasteiger partial charge in [0.2, 0.25) is 15.8 Å². The van der Waals surface area contributed by atoms with E-state index in [0.29, 0.717) is 25.2 Å². The summed E-state index contributed by atoms with van der Waals surface area (Å²) in [6, 6.07) is 3.60. The average Bonchev–Trinajstić information content (AvgIpc) is 3.12. The second kappa shape index (κ2) is 8.97. The molecule has 1 aliphatic rings. The van der Waals surface area contributed by atoms with Crippen LogP contribution in [0.2, 0.25) is 0 Å². The molecule has 11 heteroatoms. The van der Waals surface area contributed by atoms with E-state index < -0.39 is 44.1 Å². The number of aromatic nitrogens is 2. The highest BCUT2D eigenvalue weighted by Crippen LogP contribution is 2.26. The molecule has 1 fully saturated rings. The predicted octanol–water partition coefficient (Wildman–Crippen LogP) is 3.46. The van der Waals surface area contributed by atoms with Crippen molar-refractivity contribution in [2.24, 2.45) is 0 Å². The number of rotatable bonds is 5. The van der Waals surface area contributed by atoms with Crippen LogP contribution in [0.1, 0.15) is 38.4 Å². The Morgan fingerprint density at radius 2 is 2.03 bits per heavy atom. The first-order chi connectivity index (χ1) is 14.9. The third-order valence-electron chi connectivity index (χ3n) is 4.84. The van der Waals surface area contributed by atoms with E-state index >= 15 is 0 Å². The first-order valence-electron chi connectivity index (χ1n) is 10.1. The number of ether oxygens (including phenoxy) is 1. The fraction of sp³-hybridized carbons (Fsp3) is 0.476. The molecule has 3 heterocycles. The van der Waals surface area contributed by atoms with Crippen LogP contribution in [0, 0.1) is 18.7 Å². The highest BCUT2D eigenvalue weighted by atomic mass is 32.2. The summed E-state index contributed by atoms with van der Waals surface area (Å²) in [5.41, 5.74) is -0.226. The molecule has 0 aromatic carbocycles. The van der Waals surface area contributed by atoms with Gasteiger partial charge in [0, 0.05) is 24.7 Å². The average molecular weight is 469 g/mol. The zero-order chi connectivity index (χ0) is 23.7. The molecule has 0 spiro atoms. The van der Waals surface area contributed by atoms with Gasteiger partial charge in [-0.2, -0.15) is 4.39 Å². The summed E-state index contributed by atoms with van der Waals surface area (Å²) < 4.78 is 58.8. The predicted molar refractivity (Wildman–Crippen MR) is 114 cm³/mol. The first kappa shape index (κ1) is 23.8. The van der Waals surface area contributed by atoms with E-state index in [2.05, 4.69) is 15.3 Å². The third-order valence-corrected chi connectivity index (χ3v) is 6.39. The molecule has 2 aromatic heterocycles. The van der Waals surface area contributed by atoms with Crippen molar-refractivity contribution in [2.45, 2.75) is 56.5 Å². The highest BCUT2D eigenvalue weighted by molar-refractivity contribution is 7.90. The molecular formula is C21H26F2N4O4S. The molecule has 32 heavy (non-hydrogen) atoms. The lowest BCUT2D eigenvalue weighted by Crippen LogP contribution is -2.36. The molecule has 2 aromatic rings. The molecule has 174 valence electrons. The van der Waals surface area contributed by atoms with Crippen LogP contribution in [0.15, 0.2) is 29.4 Å². The van der Waals surface area contributed by atoms with E-state index in [1.54, 1.807) is 25.7 Å². The number of amides is 1. The number of anilines is 1. The van der Waals surface area contributed by atoms with E-state index in [0.717, 1.165) is 6.07 Å². The van der Waals surface area contributed by atoms with Crippen LogP contribution in [0.5, 0.6) is 0 Å². The van der Waals surface area contributed by atoms with E-state index in [-0.39, 0.29) is 17.3 Å². The molecule has 0 radical (unpaired) electrons. The van der Waals surface area contributed by atoms with Crippen molar-refractivity contribution in [1.82, 2.24) is 14.9 Å². The standard InChI is InChI=1S/C21H26F2N4O4S/c1-13-16(25-14-8-9-27(11-14)20(28)31-21(2,3)4)10-24-19(18(13)23)32(29,30)12-15-6-5-7-17(22)26-15/h5-7,10,14,25H,8-9,11-12H2,1-4H3/t14-/m0/s1. The lowest BCUT2D eigenvalue weighted by atomic mass is 10.2. The minimum atomic E-state index is -4.18. The largest absolute Gasteiger partial charge is 0.444 e. The highest BCUT2D eigenvalue weighted by Gasteiger charge is 2.31. The molecule has 0 unspecified atom stereocenters. The van der Waals surface area contributed by atoms with Gasteiger partial charge in [-0.05, 0) is 46.2 Å². The quantitative estimate of drug-likeness (QED) is 0.671. The molecule has 1 N–H and O–H groups in total. The number of carbonyl (C=O) groups excluding carboxylic acids is 1. The Bertz CT molecular complexity index is 1120. The number of nitrogens with one attached hydrogen (secondary N) is 1. The van der Waals surface area contributed by atoms with Crippen molar-refractivity contribution in [2.75, 3.05) is 18.4 Å². The summed E-state index contributed by atoms with van der Waals surface area (Å²) in [4.78, 5) is 21.1. The van der Waals surface area contributed by atoms with Crippen LogP contribution in [-0.2, 0) is 20.3 Å².